The Morgan fingerprint density at radius 1 is 1.47 bits per heavy atom. The fourth-order valence-electron chi connectivity index (χ4n) is 1.72. The van der Waals surface area contributed by atoms with Crippen LogP contribution >= 0.6 is 11.6 Å². The number of nitrogens with zero attached hydrogens (tertiary/aromatic N) is 2. The summed E-state index contributed by atoms with van der Waals surface area (Å²) in [6.45, 7) is 4.64. The molecule has 2 aromatic rings. The van der Waals surface area contributed by atoms with Crippen LogP contribution in [0.4, 0.5) is 0 Å². The zero-order valence-electron chi connectivity index (χ0n) is 10.9. The molecule has 0 bridgehead atoms. The van der Waals surface area contributed by atoms with Crippen molar-refractivity contribution in [3.05, 3.63) is 52.3 Å². The summed E-state index contributed by atoms with van der Waals surface area (Å²) in [5.74, 6) is -0.358. The number of hydrogen-bond donors (Lipinski definition) is 0. The number of hydrogen-bond acceptors (Lipinski definition) is 3. The first-order valence-electron chi connectivity index (χ1n) is 6.04. The summed E-state index contributed by atoms with van der Waals surface area (Å²) in [7, 11) is 0. The van der Waals surface area contributed by atoms with Gasteiger partial charge < -0.3 is 4.74 Å². The number of carbonyl (C=O) groups is 1. The maximum Gasteiger partial charge on any atom is 0.341 e. The van der Waals surface area contributed by atoms with Crippen molar-refractivity contribution in [3.63, 3.8) is 0 Å². The maximum absolute atomic E-state index is 11.5. The van der Waals surface area contributed by atoms with Crippen LogP contribution in [0.3, 0.4) is 0 Å². The van der Waals surface area contributed by atoms with E-state index in [1.165, 1.54) is 6.20 Å². The van der Waals surface area contributed by atoms with E-state index in [4.69, 9.17) is 16.3 Å². The van der Waals surface area contributed by atoms with Gasteiger partial charge in [-0.1, -0.05) is 23.7 Å². The molecule has 0 atom stereocenters. The Hall–Kier alpha value is -1.81. The van der Waals surface area contributed by atoms with Crippen molar-refractivity contribution in [1.82, 2.24) is 9.78 Å². The summed E-state index contributed by atoms with van der Waals surface area (Å²) in [6.07, 6.45) is 3.16. The van der Waals surface area contributed by atoms with Gasteiger partial charge in [-0.15, -0.1) is 0 Å². The standard InChI is InChI=1S/C14H15ClN2O2/c1-3-19-14(18)12-7-16-17(9-12)8-11-5-4-10(2)6-13(11)15/h4-7,9H,3,8H2,1-2H3. The molecule has 0 radical (unpaired) electrons. The highest BCUT2D eigenvalue weighted by Crippen LogP contribution is 2.18. The smallest absolute Gasteiger partial charge is 0.341 e. The number of rotatable bonds is 4. The molecule has 0 aliphatic rings. The highest BCUT2D eigenvalue weighted by Gasteiger charge is 2.10. The van der Waals surface area contributed by atoms with E-state index < -0.39 is 0 Å². The van der Waals surface area contributed by atoms with E-state index in [0.29, 0.717) is 23.7 Å². The number of aromatic nitrogens is 2. The summed E-state index contributed by atoms with van der Waals surface area (Å²) in [5.41, 5.74) is 2.53. The van der Waals surface area contributed by atoms with E-state index in [-0.39, 0.29) is 5.97 Å². The molecule has 19 heavy (non-hydrogen) atoms. The van der Waals surface area contributed by atoms with Crippen LogP contribution in [0.5, 0.6) is 0 Å². The lowest BCUT2D eigenvalue weighted by Gasteiger charge is -2.05. The van der Waals surface area contributed by atoms with Crippen LogP contribution in [-0.4, -0.2) is 22.4 Å². The third kappa shape index (κ3) is 3.35. The second-order valence-corrected chi connectivity index (χ2v) is 4.65. The molecule has 1 aromatic heterocycles. The van der Waals surface area contributed by atoms with E-state index in [9.17, 15) is 4.79 Å². The fourth-order valence-corrected chi connectivity index (χ4v) is 2.02. The average molecular weight is 279 g/mol. The van der Waals surface area contributed by atoms with Gasteiger partial charge in [-0.3, -0.25) is 4.68 Å². The van der Waals surface area contributed by atoms with E-state index in [0.717, 1.165) is 11.1 Å². The lowest BCUT2D eigenvalue weighted by atomic mass is 10.1. The average Bonchev–Trinajstić information content (AvgIpc) is 2.82. The minimum Gasteiger partial charge on any atom is -0.462 e. The Bertz CT molecular complexity index is 593. The SMILES string of the molecule is CCOC(=O)c1cnn(Cc2ccc(C)cc2Cl)c1. The van der Waals surface area contributed by atoms with Gasteiger partial charge in [0.2, 0.25) is 0 Å². The predicted molar refractivity (Wildman–Crippen MR) is 73.5 cm³/mol. The summed E-state index contributed by atoms with van der Waals surface area (Å²) >= 11 is 6.17. The summed E-state index contributed by atoms with van der Waals surface area (Å²) < 4.78 is 6.58. The first kappa shape index (κ1) is 13.6. The van der Waals surface area contributed by atoms with Crippen LogP contribution < -0.4 is 0 Å². The second-order valence-electron chi connectivity index (χ2n) is 4.24. The number of carbonyl (C=O) groups excluding carboxylic acids is 1. The van der Waals surface area contributed by atoms with Gasteiger partial charge in [0.1, 0.15) is 0 Å². The van der Waals surface area contributed by atoms with Crippen molar-refractivity contribution in [3.8, 4) is 0 Å². The molecule has 0 spiro atoms. The number of esters is 1. The molecule has 1 aromatic carbocycles. The van der Waals surface area contributed by atoms with Crippen molar-refractivity contribution in [2.75, 3.05) is 6.61 Å². The van der Waals surface area contributed by atoms with E-state index >= 15 is 0 Å². The summed E-state index contributed by atoms with van der Waals surface area (Å²) in [5, 5.41) is 4.84. The Morgan fingerprint density at radius 2 is 2.26 bits per heavy atom. The first-order chi connectivity index (χ1) is 9.10. The lowest BCUT2D eigenvalue weighted by molar-refractivity contribution is 0.0526. The predicted octanol–water partition coefficient (Wildman–Crippen LogP) is 3.07. The number of aryl methyl sites for hydroxylation is 1. The van der Waals surface area contributed by atoms with Crippen LogP contribution in [0.25, 0.3) is 0 Å². The topological polar surface area (TPSA) is 44.1 Å². The normalized spacial score (nSPS) is 10.5. The molecule has 0 aliphatic carbocycles. The monoisotopic (exact) mass is 278 g/mol. The molecule has 0 saturated heterocycles. The van der Waals surface area contributed by atoms with Gasteiger partial charge >= 0.3 is 5.97 Å². The van der Waals surface area contributed by atoms with Crippen LogP contribution in [0.2, 0.25) is 5.02 Å². The largest absolute Gasteiger partial charge is 0.462 e. The molecule has 5 heteroatoms. The van der Waals surface area contributed by atoms with Gasteiger partial charge in [-0.05, 0) is 31.0 Å². The van der Waals surface area contributed by atoms with Crippen molar-refractivity contribution in [1.29, 1.82) is 0 Å². The fraction of sp³-hybridized carbons (Fsp3) is 0.286. The Labute approximate surface area is 116 Å². The molecule has 4 nitrogen and oxygen atoms in total. The molecule has 0 fully saturated rings. The van der Waals surface area contributed by atoms with Crippen molar-refractivity contribution >= 4 is 17.6 Å². The third-order valence-electron chi connectivity index (χ3n) is 2.69. The first-order valence-corrected chi connectivity index (χ1v) is 6.42. The zero-order valence-corrected chi connectivity index (χ0v) is 11.6. The molecular formula is C14H15ClN2O2. The molecule has 1 heterocycles. The van der Waals surface area contributed by atoms with E-state index in [2.05, 4.69) is 5.10 Å². The van der Waals surface area contributed by atoms with Gasteiger partial charge in [0, 0.05) is 11.2 Å². The Kier molecular flexibility index (Phi) is 4.22. The molecule has 0 aliphatic heterocycles. The van der Waals surface area contributed by atoms with Crippen molar-refractivity contribution in [2.45, 2.75) is 20.4 Å². The second kappa shape index (κ2) is 5.89. The maximum atomic E-state index is 11.5. The molecule has 0 unspecified atom stereocenters. The number of halogens is 1. The van der Waals surface area contributed by atoms with Gasteiger partial charge in [0.25, 0.3) is 0 Å². The van der Waals surface area contributed by atoms with Gasteiger partial charge in [0.15, 0.2) is 0 Å². The minimum absolute atomic E-state index is 0.355. The number of benzene rings is 1. The Morgan fingerprint density at radius 3 is 2.95 bits per heavy atom. The molecule has 0 N–H and O–H groups in total. The van der Waals surface area contributed by atoms with Crippen molar-refractivity contribution < 1.29 is 9.53 Å². The van der Waals surface area contributed by atoms with E-state index in [1.54, 1.807) is 17.8 Å². The van der Waals surface area contributed by atoms with Gasteiger partial charge in [-0.2, -0.15) is 5.10 Å². The highest BCUT2D eigenvalue weighted by atomic mass is 35.5. The van der Waals surface area contributed by atoms with Crippen LogP contribution in [-0.2, 0) is 11.3 Å². The quantitative estimate of drug-likeness (QED) is 0.808. The molecule has 2 rings (SSSR count). The molecule has 100 valence electrons. The molecular weight excluding hydrogens is 264 g/mol. The van der Waals surface area contributed by atoms with Gasteiger partial charge in [-0.25, -0.2) is 4.79 Å². The lowest BCUT2D eigenvalue weighted by Crippen LogP contribution is -2.04. The zero-order chi connectivity index (χ0) is 13.8. The summed E-state index contributed by atoms with van der Waals surface area (Å²) in [6, 6.07) is 5.87. The Balaban J connectivity index is 2.13. The van der Waals surface area contributed by atoms with E-state index in [1.807, 2.05) is 25.1 Å². The summed E-state index contributed by atoms with van der Waals surface area (Å²) in [4.78, 5) is 11.5. The van der Waals surface area contributed by atoms with Crippen LogP contribution in [0, 0.1) is 6.92 Å². The molecule has 0 amide bonds. The highest BCUT2D eigenvalue weighted by molar-refractivity contribution is 6.31. The van der Waals surface area contributed by atoms with Crippen LogP contribution in [0.1, 0.15) is 28.4 Å². The van der Waals surface area contributed by atoms with Gasteiger partial charge in [0.05, 0.1) is 24.9 Å². The molecule has 0 saturated carbocycles. The third-order valence-corrected chi connectivity index (χ3v) is 3.04. The number of ether oxygens (including phenoxy) is 1. The minimum atomic E-state index is -0.358. The van der Waals surface area contributed by atoms with Crippen LogP contribution in [0.15, 0.2) is 30.6 Å². The van der Waals surface area contributed by atoms with Crippen molar-refractivity contribution in [2.24, 2.45) is 0 Å².